The molecule has 0 radical (unpaired) electrons. The zero-order valence-corrected chi connectivity index (χ0v) is 14.5. The van der Waals surface area contributed by atoms with Crippen LogP contribution in [0.15, 0.2) is 16.9 Å². The average molecular weight is 363 g/mol. The molecule has 0 bridgehead atoms. The van der Waals surface area contributed by atoms with Crippen LogP contribution in [0.1, 0.15) is 33.1 Å². The molecule has 10 nitrogen and oxygen atoms in total. The van der Waals surface area contributed by atoms with Gasteiger partial charge in [-0.1, -0.05) is 13.8 Å². The molecule has 0 fully saturated rings. The van der Waals surface area contributed by atoms with Crippen molar-refractivity contribution in [2.45, 2.75) is 39.2 Å². The smallest absolute Gasteiger partial charge is 0.326 e. The second-order valence-electron chi connectivity index (χ2n) is 6.31. The van der Waals surface area contributed by atoms with Gasteiger partial charge in [0.05, 0.1) is 5.52 Å². The number of carboxylic acid groups (broad SMARTS) is 1. The lowest BCUT2D eigenvalue weighted by Gasteiger charge is -2.16. The average Bonchev–Trinajstić information content (AvgIpc) is 2.91. The summed E-state index contributed by atoms with van der Waals surface area (Å²) < 4.78 is 0. The van der Waals surface area contributed by atoms with Gasteiger partial charge in [-0.15, -0.1) is 0 Å². The molecule has 2 amide bonds. The van der Waals surface area contributed by atoms with Gasteiger partial charge in [0.25, 0.3) is 0 Å². The maximum atomic E-state index is 11.9. The monoisotopic (exact) mass is 363 g/mol. The molecular formula is C16H21N5O5. The van der Waals surface area contributed by atoms with Crippen molar-refractivity contribution >= 4 is 34.8 Å². The molecule has 0 aromatic carbocycles. The fourth-order valence-corrected chi connectivity index (χ4v) is 2.38. The van der Waals surface area contributed by atoms with Gasteiger partial charge in [-0.25, -0.2) is 14.6 Å². The number of aromatic nitrogens is 3. The van der Waals surface area contributed by atoms with E-state index in [0.29, 0.717) is 17.6 Å². The number of aromatic amines is 2. The number of anilines is 1. The molecular weight excluding hydrogens is 342 g/mol. The molecule has 1 unspecified atom stereocenters. The number of carbonyl (C=O) groups is 3. The van der Waals surface area contributed by atoms with E-state index in [2.05, 4.69) is 25.6 Å². The zero-order valence-electron chi connectivity index (χ0n) is 14.5. The fourth-order valence-electron chi connectivity index (χ4n) is 2.38. The highest BCUT2D eigenvalue weighted by atomic mass is 16.4. The molecule has 1 atom stereocenters. The lowest BCUT2D eigenvalue weighted by Crippen LogP contribution is -2.41. The highest BCUT2D eigenvalue weighted by Crippen LogP contribution is 2.10. The van der Waals surface area contributed by atoms with E-state index in [-0.39, 0.29) is 24.6 Å². The van der Waals surface area contributed by atoms with E-state index in [1.807, 2.05) is 13.8 Å². The molecule has 0 aliphatic heterocycles. The van der Waals surface area contributed by atoms with Crippen molar-refractivity contribution < 1.29 is 19.5 Å². The number of imidazole rings is 1. The van der Waals surface area contributed by atoms with Crippen LogP contribution in [0, 0.1) is 5.92 Å². The normalized spacial score (nSPS) is 12.1. The Kier molecular flexibility index (Phi) is 6.10. The minimum atomic E-state index is -1.10. The number of hydrogen-bond donors (Lipinski definition) is 5. The summed E-state index contributed by atoms with van der Waals surface area (Å²) in [5.41, 5.74) is 0.419. The van der Waals surface area contributed by atoms with E-state index < -0.39 is 29.5 Å². The van der Waals surface area contributed by atoms with Gasteiger partial charge in [-0.05, 0) is 24.5 Å². The van der Waals surface area contributed by atoms with Gasteiger partial charge in [0.1, 0.15) is 11.9 Å². The summed E-state index contributed by atoms with van der Waals surface area (Å²) in [5.74, 6) is -1.70. The number of carboxylic acids is 1. The minimum absolute atomic E-state index is 0.112. The molecule has 5 N–H and O–H groups in total. The molecule has 2 aromatic heterocycles. The van der Waals surface area contributed by atoms with Crippen LogP contribution in [0.2, 0.25) is 0 Å². The topological polar surface area (TPSA) is 157 Å². The first-order valence-electron chi connectivity index (χ1n) is 8.15. The van der Waals surface area contributed by atoms with Crippen LogP contribution in [-0.2, 0) is 14.4 Å². The third kappa shape index (κ3) is 5.43. The maximum absolute atomic E-state index is 11.9. The number of nitrogens with zero attached hydrogens (tertiary/aromatic N) is 1. The summed E-state index contributed by atoms with van der Waals surface area (Å²) in [7, 11) is 0. The van der Waals surface area contributed by atoms with E-state index in [1.165, 1.54) is 6.07 Å². The standard InChI is InChI=1S/C16H21N5O5/c1-8(2)7-10(15(24)25)17-12(22)5-6-13(23)19-11-4-3-9-14(20-11)21-16(26)18-9/h3-4,8,10H,5-7H2,1-2H3,(H,17,22)(H,24,25)(H3,18,19,20,21,23,26). The third-order valence-corrected chi connectivity index (χ3v) is 3.56. The molecule has 2 heterocycles. The number of carbonyl (C=O) groups excluding carboxylic acids is 2. The Morgan fingerprint density at radius 3 is 2.50 bits per heavy atom. The summed E-state index contributed by atoms with van der Waals surface area (Å²) in [5, 5.41) is 14.0. The Morgan fingerprint density at radius 1 is 1.15 bits per heavy atom. The van der Waals surface area contributed by atoms with Gasteiger partial charge in [-0.3, -0.25) is 14.6 Å². The molecule has 0 aliphatic carbocycles. The second-order valence-corrected chi connectivity index (χ2v) is 6.31. The Hall–Kier alpha value is -3.17. The van der Waals surface area contributed by atoms with Gasteiger partial charge in [0.2, 0.25) is 11.8 Å². The van der Waals surface area contributed by atoms with E-state index in [9.17, 15) is 19.2 Å². The molecule has 2 rings (SSSR count). The number of aliphatic carboxylic acids is 1. The van der Waals surface area contributed by atoms with Crippen molar-refractivity contribution in [2.75, 3.05) is 5.32 Å². The van der Waals surface area contributed by atoms with Crippen molar-refractivity contribution in [2.24, 2.45) is 5.92 Å². The summed E-state index contributed by atoms with van der Waals surface area (Å²) in [6.07, 6.45) is 0.0479. The van der Waals surface area contributed by atoms with Crippen LogP contribution >= 0.6 is 0 Å². The first-order chi connectivity index (χ1) is 12.2. The predicted octanol–water partition coefficient (Wildman–Crippen LogP) is 0.585. The summed E-state index contributed by atoms with van der Waals surface area (Å²) >= 11 is 0. The highest BCUT2D eigenvalue weighted by Gasteiger charge is 2.21. The number of hydrogen-bond acceptors (Lipinski definition) is 5. The first-order valence-corrected chi connectivity index (χ1v) is 8.15. The van der Waals surface area contributed by atoms with E-state index in [4.69, 9.17) is 5.11 Å². The molecule has 0 saturated carbocycles. The second kappa shape index (κ2) is 8.28. The van der Waals surface area contributed by atoms with Gasteiger partial charge in [0, 0.05) is 12.8 Å². The van der Waals surface area contributed by atoms with Crippen molar-refractivity contribution in [1.29, 1.82) is 0 Å². The summed E-state index contributed by atoms with van der Waals surface area (Å²) in [6, 6.07) is 2.14. The van der Waals surface area contributed by atoms with Crippen LogP contribution in [0.5, 0.6) is 0 Å². The summed E-state index contributed by atoms with van der Waals surface area (Å²) in [4.78, 5) is 55.2. The molecule has 0 saturated heterocycles. The predicted molar refractivity (Wildman–Crippen MR) is 93.6 cm³/mol. The van der Waals surface area contributed by atoms with Crippen molar-refractivity contribution in [3.63, 3.8) is 0 Å². The lowest BCUT2D eigenvalue weighted by molar-refractivity contribution is -0.142. The number of fused-ring (bicyclic) bond motifs is 1. The van der Waals surface area contributed by atoms with E-state index in [0.717, 1.165) is 0 Å². The van der Waals surface area contributed by atoms with E-state index in [1.54, 1.807) is 6.07 Å². The van der Waals surface area contributed by atoms with Gasteiger partial charge >= 0.3 is 11.7 Å². The van der Waals surface area contributed by atoms with Crippen molar-refractivity contribution in [3.8, 4) is 0 Å². The molecule has 2 aromatic rings. The quantitative estimate of drug-likeness (QED) is 0.462. The third-order valence-electron chi connectivity index (χ3n) is 3.56. The summed E-state index contributed by atoms with van der Waals surface area (Å²) in [6.45, 7) is 3.72. The van der Waals surface area contributed by atoms with Crippen LogP contribution in [0.4, 0.5) is 5.82 Å². The number of amides is 2. The van der Waals surface area contributed by atoms with Gasteiger partial charge < -0.3 is 20.7 Å². The van der Waals surface area contributed by atoms with Crippen LogP contribution in [0.25, 0.3) is 11.2 Å². The Bertz CT molecular complexity index is 869. The first kappa shape index (κ1) is 19.2. The molecule has 10 heteroatoms. The fraction of sp³-hybridized carbons (Fsp3) is 0.438. The van der Waals surface area contributed by atoms with Gasteiger partial charge in [-0.2, -0.15) is 0 Å². The Morgan fingerprint density at radius 2 is 1.85 bits per heavy atom. The van der Waals surface area contributed by atoms with Crippen molar-refractivity contribution in [1.82, 2.24) is 20.3 Å². The maximum Gasteiger partial charge on any atom is 0.326 e. The number of H-pyrrole nitrogens is 2. The molecule has 0 spiro atoms. The SMILES string of the molecule is CC(C)CC(NC(=O)CCC(=O)Nc1ccc2[nH]c(=O)[nH]c2n1)C(=O)O. The molecule has 26 heavy (non-hydrogen) atoms. The number of pyridine rings is 1. The minimum Gasteiger partial charge on any atom is -0.480 e. The highest BCUT2D eigenvalue weighted by molar-refractivity contribution is 5.93. The molecule has 0 aliphatic rings. The number of rotatable bonds is 8. The zero-order chi connectivity index (χ0) is 19.3. The Labute approximate surface area is 148 Å². The lowest BCUT2D eigenvalue weighted by atomic mass is 10.0. The van der Waals surface area contributed by atoms with Crippen LogP contribution in [-0.4, -0.2) is 43.9 Å². The molecule has 140 valence electrons. The number of nitrogens with one attached hydrogen (secondary N) is 4. The largest absolute Gasteiger partial charge is 0.480 e. The van der Waals surface area contributed by atoms with Crippen LogP contribution < -0.4 is 16.3 Å². The van der Waals surface area contributed by atoms with Crippen molar-refractivity contribution in [3.05, 3.63) is 22.6 Å². The van der Waals surface area contributed by atoms with Gasteiger partial charge in [0.15, 0.2) is 5.65 Å². The van der Waals surface area contributed by atoms with Crippen LogP contribution in [0.3, 0.4) is 0 Å². The Balaban J connectivity index is 1.85. The van der Waals surface area contributed by atoms with E-state index >= 15 is 0 Å².